The molecule has 0 heterocycles. The summed E-state index contributed by atoms with van der Waals surface area (Å²) in [4.78, 5) is 4.88. The standard InChI is InChI=1S/C38H40N2/c1-3-30-14-13-19-34(23-20-30)38(26-11-6-12-27-38)35-24-21-33(22-25-35)37(39)40-36(32-17-9-5-10-18-32)28-29(2)31-15-7-4-8-16-31/h3-4,7-9,13,15-25,28,39H,1,5-6,10-12,14,26-27H2,2H3/b29-28+,39-37?,40-36+. The summed E-state index contributed by atoms with van der Waals surface area (Å²) >= 11 is 0. The first-order chi connectivity index (χ1) is 19.6. The molecule has 0 aromatic heterocycles. The largest absolute Gasteiger partial charge is 0.282 e. The van der Waals surface area contributed by atoms with Gasteiger partial charge in [-0.2, -0.15) is 0 Å². The minimum Gasteiger partial charge on any atom is -0.282 e. The Morgan fingerprint density at radius 2 is 1.65 bits per heavy atom. The van der Waals surface area contributed by atoms with Gasteiger partial charge in [-0.3, -0.25) is 5.41 Å². The van der Waals surface area contributed by atoms with Crippen molar-refractivity contribution in [2.75, 3.05) is 0 Å². The summed E-state index contributed by atoms with van der Waals surface area (Å²) in [6, 6.07) is 19.1. The Balaban J connectivity index is 1.46. The zero-order valence-corrected chi connectivity index (χ0v) is 23.7. The predicted molar refractivity (Wildman–Crippen MR) is 172 cm³/mol. The second kappa shape index (κ2) is 12.9. The topological polar surface area (TPSA) is 36.2 Å². The maximum Gasteiger partial charge on any atom is 0.152 e. The lowest BCUT2D eigenvalue weighted by molar-refractivity contribution is 0.345. The SMILES string of the molecule is C=CC1=CC=C(C2(c3ccc(C(=N)/N=C(\C=C(/C)c4ccccc4)C4=CCCC=C4)cc3)CCCCC2)C=CC1. The van der Waals surface area contributed by atoms with Gasteiger partial charge in [-0.15, -0.1) is 0 Å². The molecule has 202 valence electrons. The molecule has 1 N–H and O–H groups in total. The molecule has 0 atom stereocenters. The van der Waals surface area contributed by atoms with Gasteiger partial charge in [-0.25, -0.2) is 4.99 Å². The Hall–Kier alpha value is -4.04. The molecule has 3 aliphatic carbocycles. The monoisotopic (exact) mass is 524 g/mol. The Labute approximate surface area is 240 Å². The van der Waals surface area contributed by atoms with Gasteiger partial charge in [0.05, 0.1) is 5.71 Å². The molecule has 0 radical (unpaired) electrons. The fourth-order valence-corrected chi connectivity index (χ4v) is 6.12. The quantitative estimate of drug-likeness (QED) is 0.276. The van der Waals surface area contributed by atoms with E-state index in [1.54, 1.807) is 0 Å². The maximum atomic E-state index is 8.95. The molecule has 0 amide bonds. The number of benzene rings is 2. The molecular weight excluding hydrogens is 484 g/mol. The summed E-state index contributed by atoms with van der Waals surface area (Å²) < 4.78 is 0. The van der Waals surface area contributed by atoms with E-state index in [1.807, 2.05) is 12.1 Å². The van der Waals surface area contributed by atoms with Crippen molar-refractivity contribution in [3.63, 3.8) is 0 Å². The number of hydrogen-bond acceptors (Lipinski definition) is 1. The van der Waals surface area contributed by atoms with E-state index in [4.69, 9.17) is 10.4 Å². The van der Waals surface area contributed by atoms with E-state index in [1.165, 1.54) is 41.5 Å². The number of aliphatic imine (C=N–C) groups is 1. The van der Waals surface area contributed by atoms with Crippen LogP contribution in [0.1, 0.15) is 75.0 Å². The fourth-order valence-electron chi connectivity index (χ4n) is 6.12. The Morgan fingerprint density at radius 3 is 2.35 bits per heavy atom. The lowest BCUT2D eigenvalue weighted by Gasteiger charge is -2.39. The van der Waals surface area contributed by atoms with Gasteiger partial charge in [-0.05, 0) is 78.5 Å². The average Bonchev–Trinajstić information content (AvgIpc) is 3.28. The van der Waals surface area contributed by atoms with E-state index >= 15 is 0 Å². The molecular formula is C38H40N2. The third-order valence-corrected chi connectivity index (χ3v) is 8.47. The highest BCUT2D eigenvalue weighted by Gasteiger charge is 2.36. The van der Waals surface area contributed by atoms with Crippen LogP contribution in [0.15, 0.2) is 138 Å². The average molecular weight is 525 g/mol. The first-order valence-corrected chi connectivity index (χ1v) is 14.7. The van der Waals surface area contributed by atoms with Crippen LogP contribution in [0.3, 0.4) is 0 Å². The number of nitrogens with one attached hydrogen (secondary N) is 1. The molecule has 40 heavy (non-hydrogen) atoms. The summed E-state index contributed by atoms with van der Waals surface area (Å²) in [5, 5.41) is 8.95. The van der Waals surface area contributed by atoms with Gasteiger partial charge in [0, 0.05) is 11.0 Å². The first-order valence-electron chi connectivity index (χ1n) is 14.7. The third-order valence-electron chi connectivity index (χ3n) is 8.47. The summed E-state index contributed by atoms with van der Waals surface area (Å²) in [5.74, 6) is 0.295. The Kier molecular flexibility index (Phi) is 8.86. The van der Waals surface area contributed by atoms with Crippen LogP contribution < -0.4 is 0 Å². The van der Waals surface area contributed by atoms with Crippen LogP contribution in [-0.2, 0) is 5.41 Å². The number of amidine groups is 1. The number of allylic oxidation sites excluding steroid dienone is 13. The summed E-state index contributed by atoms with van der Waals surface area (Å²) in [7, 11) is 0. The highest BCUT2D eigenvalue weighted by atomic mass is 14.8. The highest BCUT2D eigenvalue weighted by molar-refractivity contribution is 6.19. The Morgan fingerprint density at radius 1 is 0.875 bits per heavy atom. The molecule has 0 aliphatic heterocycles. The molecule has 0 unspecified atom stereocenters. The second-order valence-electron chi connectivity index (χ2n) is 11.1. The van der Waals surface area contributed by atoms with Gasteiger partial charge in [0.2, 0.25) is 0 Å². The van der Waals surface area contributed by atoms with Gasteiger partial charge in [-0.1, -0.05) is 129 Å². The van der Waals surface area contributed by atoms with E-state index in [0.717, 1.165) is 54.5 Å². The lowest BCUT2D eigenvalue weighted by Crippen LogP contribution is -2.31. The number of hydrogen-bond donors (Lipinski definition) is 1. The molecule has 5 rings (SSSR count). The van der Waals surface area contributed by atoms with Crippen molar-refractivity contribution in [2.45, 2.75) is 63.7 Å². The summed E-state index contributed by atoms with van der Waals surface area (Å²) in [5.41, 5.74) is 9.09. The molecule has 2 heteroatoms. The van der Waals surface area contributed by atoms with Crippen molar-refractivity contribution in [2.24, 2.45) is 4.99 Å². The lowest BCUT2D eigenvalue weighted by atomic mass is 9.64. The maximum absolute atomic E-state index is 8.95. The van der Waals surface area contributed by atoms with E-state index in [0.29, 0.717) is 5.84 Å². The van der Waals surface area contributed by atoms with Crippen LogP contribution in [0.4, 0.5) is 0 Å². The molecule has 2 aromatic carbocycles. The first kappa shape index (κ1) is 27.5. The third kappa shape index (κ3) is 6.23. The summed E-state index contributed by atoms with van der Waals surface area (Å²) in [6.45, 7) is 6.09. The van der Waals surface area contributed by atoms with Gasteiger partial charge in [0.1, 0.15) is 0 Å². The Bertz CT molecular complexity index is 1450. The van der Waals surface area contributed by atoms with E-state index in [-0.39, 0.29) is 5.41 Å². The zero-order chi connectivity index (χ0) is 27.8. The van der Waals surface area contributed by atoms with Crippen molar-refractivity contribution in [1.29, 1.82) is 5.41 Å². The molecule has 3 aliphatic rings. The second-order valence-corrected chi connectivity index (χ2v) is 11.1. The van der Waals surface area contributed by atoms with Crippen molar-refractivity contribution in [3.05, 3.63) is 149 Å². The molecule has 1 saturated carbocycles. The van der Waals surface area contributed by atoms with Crippen LogP contribution in [0, 0.1) is 5.41 Å². The van der Waals surface area contributed by atoms with Gasteiger partial charge in [0.15, 0.2) is 5.84 Å². The van der Waals surface area contributed by atoms with E-state index in [2.05, 4.69) is 111 Å². The van der Waals surface area contributed by atoms with Crippen molar-refractivity contribution < 1.29 is 0 Å². The van der Waals surface area contributed by atoms with Crippen molar-refractivity contribution >= 4 is 17.1 Å². The van der Waals surface area contributed by atoms with Crippen LogP contribution in [0.5, 0.6) is 0 Å². The summed E-state index contributed by atoms with van der Waals surface area (Å²) in [6.07, 6.45) is 28.9. The fraction of sp³-hybridized carbons (Fsp3) is 0.263. The van der Waals surface area contributed by atoms with Crippen LogP contribution in [-0.4, -0.2) is 11.5 Å². The molecule has 1 fully saturated rings. The number of rotatable bonds is 7. The van der Waals surface area contributed by atoms with Crippen LogP contribution in [0.25, 0.3) is 5.57 Å². The van der Waals surface area contributed by atoms with Crippen molar-refractivity contribution in [3.8, 4) is 0 Å². The minimum atomic E-state index is 0.0181. The normalized spacial score (nSPS) is 19.3. The molecule has 0 saturated heterocycles. The number of nitrogens with zero attached hydrogens (tertiary/aromatic N) is 1. The van der Waals surface area contributed by atoms with E-state index < -0.39 is 0 Å². The van der Waals surface area contributed by atoms with Crippen LogP contribution in [0.2, 0.25) is 0 Å². The van der Waals surface area contributed by atoms with Gasteiger partial charge >= 0.3 is 0 Å². The molecule has 2 aromatic rings. The minimum absolute atomic E-state index is 0.0181. The van der Waals surface area contributed by atoms with Gasteiger partial charge < -0.3 is 0 Å². The van der Waals surface area contributed by atoms with Crippen LogP contribution >= 0.6 is 0 Å². The predicted octanol–water partition coefficient (Wildman–Crippen LogP) is 10.0. The van der Waals surface area contributed by atoms with Crippen molar-refractivity contribution in [1.82, 2.24) is 0 Å². The highest BCUT2D eigenvalue weighted by Crippen LogP contribution is 2.46. The molecule has 0 spiro atoms. The smallest absolute Gasteiger partial charge is 0.152 e. The van der Waals surface area contributed by atoms with E-state index in [9.17, 15) is 0 Å². The molecule has 2 nitrogen and oxygen atoms in total. The molecule has 0 bridgehead atoms. The van der Waals surface area contributed by atoms with Gasteiger partial charge in [0.25, 0.3) is 0 Å². The zero-order valence-electron chi connectivity index (χ0n) is 23.7.